The van der Waals surface area contributed by atoms with Gasteiger partial charge in [-0.15, -0.1) is 0 Å². The highest BCUT2D eigenvalue weighted by Crippen LogP contribution is 2.31. The molecule has 0 saturated carbocycles. The highest BCUT2D eigenvalue weighted by molar-refractivity contribution is 5.76. The molecule has 7 heteroatoms. The zero-order valence-corrected chi connectivity index (χ0v) is 26.1. The van der Waals surface area contributed by atoms with Crippen molar-refractivity contribution in [3.63, 3.8) is 0 Å². The third-order valence-corrected chi connectivity index (χ3v) is 8.13. The molecule has 0 aliphatic carbocycles. The summed E-state index contributed by atoms with van der Waals surface area (Å²) in [6.07, 6.45) is 3.59. The summed E-state index contributed by atoms with van der Waals surface area (Å²) in [5.41, 5.74) is 9.35. The van der Waals surface area contributed by atoms with Crippen LogP contribution in [0.3, 0.4) is 0 Å². The van der Waals surface area contributed by atoms with Crippen LogP contribution in [0, 0.1) is 5.82 Å². The molecule has 0 atom stereocenters. The van der Waals surface area contributed by atoms with Crippen molar-refractivity contribution >= 4 is 0 Å². The molecule has 0 aliphatic rings. The fraction of sp³-hybridized carbons (Fsp3) is 0. The predicted octanol–water partition coefficient (Wildman–Crippen LogP) is 9.86. The molecule has 4 heterocycles. The van der Waals surface area contributed by atoms with E-state index in [0.29, 0.717) is 34.6 Å². The number of nitrogens with zero attached hydrogens (tertiary/aromatic N) is 6. The smallest absolute Gasteiger partial charge is 0.164 e. The molecule has 0 spiro atoms. The van der Waals surface area contributed by atoms with Gasteiger partial charge in [-0.25, -0.2) is 24.3 Å². The predicted molar refractivity (Wildman–Crippen MR) is 191 cm³/mol. The van der Waals surface area contributed by atoms with Gasteiger partial charge in [0.15, 0.2) is 17.5 Å². The average molecular weight is 635 g/mol. The minimum atomic E-state index is -0.282. The van der Waals surface area contributed by atoms with E-state index in [1.54, 1.807) is 18.3 Å². The van der Waals surface area contributed by atoms with E-state index < -0.39 is 0 Å². The lowest BCUT2D eigenvalue weighted by atomic mass is 10.0. The van der Waals surface area contributed by atoms with Gasteiger partial charge in [-0.2, -0.15) is 0 Å². The monoisotopic (exact) mass is 634 g/mol. The lowest BCUT2D eigenvalue weighted by Gasteiger charge is -2.10. The first kappa shape index (κ1) is 29.7. The molecule has 4 aromatic heterocycles. The minimum Gasteiger partial charge on any atom is -0.255 e. The fourth-order valence-electron chi connectivity index (χ4n) is 5.58. The standard InChI is InChI=1S/C42H27FN6/c43-35-21-18-29(19-22-35)34-25-38(36-13-7-8-24-44-36)46-39(26-34)37-23-20-33(27-45-37)28-14-16-32(17-15-28)42-48-40(30-9-3-1-4-10-30)47-41(49-42)31-11-5-2-6-12-31/h1-27H. The number of hydrogen-bond acceptors (Lipinski definition) is 6. The summed E-state index contributed by atoms with van der Waals surface area (Å²) in [5, 5.41) is 0. The van der Waals surface area contributed by atoms with Crippen LogP contribution in [0.4, 0.5) is 4.39 Å². The zero-order chi connectivity index (χ0) is 33.0. The lowest BCUT2D eigenvalue weighted by Crippen LogP contribution is -2.00. The van der Waals surface area contributed by atoms with Gasteiger partial charge in [0.1, 0.15) is 5.82 Å². The fourth-order valence-corrected chi connectivity index (χ4v) is 5.58. The summed E-state index contributed by atoms with van der Waals surface area (Å²) in [7, 11) is 0. The lowest BCUT2D eigenvalue weighted by molar-refractivity contribution is 0.628. The molecule has 0 amide bonds. The summed E-state index contributed by atoms with van der Waals surface area (Å²) in [5.74, 6) is 1.56. The maximum atomic E-state index is 13.7. The van der Waals surface area contributed by atoms with Gasteiger partial charge in [0.25, 0.3) is 0 Å². The molecule has 0 fully saturated rings. The Morgan fingerprint density at radius 3 is 1.33 bits per heavy atom. The summed E-state index contributed by atoms with van der Waals surface area (Å²) in [6, 6.07) is 48.1. The largest absolute Gasteiger partial charge is 0.255 e. The van der Waals surface area contributed by atoms with E-state index in [2.05, 4.69) is 4.98 Å². The molecule has 0 saturated heterocycles. The first-order chi connectivity index (χ1) is 24.2. The first-order valence-corrected chi connectivity index (χ1v) is 15.8. The van der Waals surface area contributed by atoms with E-state index in [9.17, 15) is 4.39 Å². The van der Waals surface area contributed by atoms with Gasteiger partial charge in [-0.1, -0.05) is 109 Å². The average Bonchev–Trinajstić information content (AvgIpc) is 3.19. The second kappa shape index (κ2) is 13.2. The van der Waals surface area contributed by atoms with Crippen molar-refractivity contribution in [2.45, 2.75) is 0 Å². The molecule has 0 N–H and O–H groups in total. The Kier molecular flexibility index (Phi) is 7.97. The molecule has 8 rings (SSSR count). The molecule has 0 aliphatic heterocycles. The summed E-state index contributed by atoms with van der Waals surface area (Å²) in [6.45, 7) is 0. The molecule has 0 bridgehead atoms. The number of rotatable bonds is 7. The summed E-state index contributed by atoms with van der Waals surface area (Å²) in [4.78, 5) is 28.7. The van der Waals surface area contributed by atoms with Crippen molar-refractivity contribution < 1.29 is 4.39 Å². The van der Waals surface area contributed by atoms with Crippen LogP contribution >= 0.6 is 0 Å². The number of halogens is 1. The Morgan fingerprint density at radius 1 is 0.327 bits per heavy atom. The van der Waals surface area contributed by atoms with E-state index in [1.807, 2.05) is 134 Å². The first-order valence-electron chi connectivity index (χ1n) is 15.8. The van der Waals surface area contributed by atoms with Crippen LogP contribution in [-0.2, 0) is 0 Å². The second-order valence-electron chi connectivity index (χ2n) is 11.4. The Balaban J connectivity index is 1.11. The molecule has 8 aromatic rings. The Morgan fingerprint density at radius 2 is 0.796 bits per heavy atom. The molecule has 49 heavy (non-hydrogen) atoms. The van der Waals surface area contributed by atoms with Gasteiger partial charge in [-0.3, -0.25) is 9.97 Å². The van der Waals surface area contributed by atoms with Crippen molar-refractivity contribution in [1.29, 1.82) is 0 Å². The maximum Gasteiger partial charge on any atom is 0.164 e. The van der Waals surface area contributed by atoms with Crippen molar-refractivity contribution in [2.75, 3.05) is 0 Å². The van der Waals surface area contributed by atoms with E-state index in [0.717, 1.165) is 44.6 Å². The normalized spacial score (nSPS) is 11.0. The molecular weight excluding hydrogens is 608 g/mol. The van der Waals surface area contributed by atoms with Crippen LogP contribution in [0.5, 0.6) is 0 Å². The molecular formula is C42H27FN6. The van der Waals surface area contributed by atoms with Crippen molar-refractivity contribution in [3.8, 4) is 79.2 Å². The number of pyridine rings is 3. The van der Waals surface area contributed by atoms with Crippen molar-refractivity contribution in [1.82, 2.24) is 29.9 Å². The second-order valence-corrected chi connectivity index (χ2v) is 11.4. The van der Waals surface area contributed by atoms with Crippen LogP contribution in [0.15, 0.2) is 164 Å². The quantitative estimate of drug-likeness (QED) is 0.174. The highest BCUT2D eigenvalue weighted by Gasteiger charge is 2.14. The number of benzene rings is 4. The molecule has 0 radical (unpaired) electrons. The van der Waals surface area contributed by atoms with Gasteiger partial charge >= 0.3 is 0 Å². The van der Waals surface area contributed by atoms with Gasteiger partial charge in [0.05, 0.1) is 22.8 Å². The maximum absolute atomic E-state index is 13.7. The van der Waals surface area contributed by atoms with E-state index in [1.165, 1.54) is 12.1 Å². The number of aromatic nitrogens is 6. The van der Waals surface area contributed by atoms with Crippen LogP contribution < -0.4 is 0 Å². The van der Waals surface area contributed by atoms with Crippen molar-refractivity contribution in [2.24, 2.45) is 0 Å². The summed E-state index contributed by atoms with van der Waals surface area (Å²) >= 11 is 0. The van der Waals surface area contributed by atoms with Gasteiger partial charge in [0, 0.05) is 34.6 Å². The van der Waals surface area contributed by atoms with Crippen LogP contribution in [-0.4, -0.2) is 29.9 Å². The SMILES string of the molecule is Fc1ccc(-c2cc(-c3ccccn3)nc(-c3ccc(-c4ccc(-c5nc(-c6ccccc6)nc(-c6ccccc6)n5)cc4)cn3)c2)cc1. The van der Waals surface area contributed by atoms with Gasteiger partial charge in [0.2, 0.25) is 0 Å². The minimum absolute atomic E-state index is 0.282. The van der Waals surface area contributed by atoms with Gasteiger partial charge < -0.3 is 0 Å². The summed E-state index contributed by atoms with van der Waals surface area (Å²) < 4.78 is 13.7. The van der Waals surface area contributed by atoms with Crippen molar-refractivity contribution in [3.05, 3.63) is 170 Å². The van der Waals surface area contributed by atoms with Crippen LogP contribution in [0.2, 0.25) is 0 Å². The van der Waals surface area contributed by atoms with Gasteiger partial charge in [-0.05, 0) is 59.2 Å². The molecule has 4 aromatic carbocycles. The van der Waals surface area contributed by atoms with Crippen LogP contribution in [0.1, 0.15) is 0 Å². The van der Waals surface area contributed by atoms with E-state index in [-0.39, 0.29) is 5.82 Å². The van der Waals surface area contributed by atoms with E-state index >= 15 is 0 Å². The number of hydrogen-bond donors (Lipinski definition) is 0. The Bertz CT molecular complexity index is 2290. The molecule has 0 unspecified atom stereocenters. The van der Waals surface area contributed by atoms with E-state index in [4.69, 9.17) is 24.9 Å². The third-order valence-electron chi connectivity index (χ3n) is 8.13. The Labute approximate surface area is 282 Å². The third kappa shape index (κ3) is 6.46. The molecule has 6 nitrogen and oxygen atoms in total. The molecule has 232 valence electrons. The highest BCUT2D eigenvalue weighted by atomic mass is 19.1. The topological polar surface area (TPSA) is 77.3 Å². The zero-order valence-electron chi connectivity index (χ0n) is 26.1. The Hall–Kier alpha value is -6.73. The van der Waals surface area contributed by atoms with Crippen LogP contribution in [0.25, 0.3) is 79.2 Å².